The number of carbonyl (C=O) groups is 3. The third kappa shape index (κ3) is 8.32. The second-order valence-electron chi connectivity index (χ2n) is 11.6. The maximum absolute atomic E-state index is 13.6. The molecule has 1 aromatic carbocycles. The first-order valence-electron chi connectivity index (χ1n) is 14.6. The first-order chi connectivity index (χ1) is 22.0. The number of ketones is 1. The molecule has 17 heteroatoms. The van der Waals surface area contributed by atoms with E-state index in [0.717, 1.165) is 17.1 Å². The highest BCUT2D eigenvalue weighted by Crippen LogP contribution is 2.46. The summed E-state index contributed by atoms with van der Waals surface area (Å²) >= 11 is 2.35. The van der Waals surface area contributed by atoms with E-state index >= 15 is 0 Å². The number of amides is 1. The molecular formula is C30H37IN6O8S2. The molecule has 2 aromatic rings. The summed E-state index contributed by atoms with van der Waals surface area (Å²) in [5.74, 6) is -1.39. The summed E-state index contributed by atoms with van der Waals surface area (Å²) in [6.45, 7) is 1.65. The molecule has 47 heavy (non-hydrogen) atoms. The molecule has 2 fully saturated rings. The molecule has 6 atom stereocenters. The van der Waals surface area contributed by atoms with E-state index in [1.54, 1.807) is 31.4 Å². The number of anilines is 1. The van der Waals surface area contributed by atoms with Crippen LogP contribution < -0.4 is 39.8 Å². The van der Waals surface area contributed by atoms with Crippen LogP contribution in [0.25, 0.3) is 0 Å². The second kappa shape index (κ2) is 15.9. The monoisotopic (exact) mass is 800 g/mol. The minimum absolute atomic E-state index is 0. The van der Waals surface area contributed by atoms with Gasteiger partial charge in [0.1, 0.15) is 38.2 Å². The number of quaternary nitrogens is 1. The van der Waals surface area contributed by atoms with Crippen LogP contribution in [0.5, 0.6) is 5.75 Å². The van der Waals surface area contributed by atoms with Gasteiger partial charge in [-0.05, 0) is 29.3 Å². The van der Waals surface area contributed by atoms with Gasteiger partial charge in [0.05, 0.1) is 44.8 Å². The largest absolute Gasteiger partial charge is 1.00 e. The van der Waals surface area contributed by atoms with Gasteiger partial charge in [0, 0.05) is 29.0 Å². The van der Waals surface area contributed by atoms with Gasteiger partial charge in [-0.3, -0.25) is 9.59 Å². The number of halogens is 1. The molecule has 3 aliphatic rings. The third-order valence-electron chi connectivity index (χ3n) is 8.35. The number of piperidine rings is 1. The molecule has 5 N–H and O–H groups in total. The van der Waals surface area contributed by atoms with Gasteiger partial charge in [0.25, 0.3) is 5.91 Å². The average molecular weight is 801 g/mol. The Labute approximate surface area is 297 Å². The molecule has 1 saturated heterocycles. The number of ether oxygens (including phenoxy) is 2. The molecule has 1 aromatic heterocycles. The number of thioether (sulfide) groups is 1. The van der Waals surface area contributed by atoms with E-state index in [1.165, 1.54) is 18.9 Å². The SMILES string of the molecule is CO/N=C(\C(=O)N[C@@H]1C(=O)C2C(C(=O)OCc3ccc(OC)cc3)=C(/C=C/C[N+]3(C)CC[C@H](O)[C@H](O)C3)CS[C@@H]21)c1nsc(N)n1.[I-]. The number of methoxy groups -OCH3 is 1. The zero-order chi connectivity index (χ0) is 33.0. The summed E-state index contributed by atoms with van der Waals surface area (Å²) in [6, 6.07) is 6.23. The summed E-state index contributed by atoms with van der Waals surface area (Å²) in [5.41, 5.74) is 7.12. The summed E-state index contributed by atoms with van der Waals surface area (Å²) in [7, 11) is 4.84. The van der Waals surface area contributed by atoms with E-state index in [0.29, 0.717) is 47.6 Å². The summed E-state index contributed by atoms with van der Waals surface area (Å²) in [5, 5.41) is 26.3. The first kappa shape index (κ1) is 36.7. The Kier molecular flexibility index (Phi) is 12.4. The molecule has 2 aliphatic heterocycles. The Morgan fingerprint density at radius 3 is 2.60 bits per heavy atom. The number of esters is 1. The number of likely N-dealkylation sites (N-methyl/N-ethyl adjacent to an activating group) is 1. The van der Waals surface area contributed by atoms with Gasteiger partial charge in [-0.25, -0.2) is 4.79 Å². The van der Waals surface area contributed by atoms with E-state index in [-0.39, 0.29) is 58.6 Å². The number of allylic oxidation sites excluding steroid dienone is 1. The highest BCUT2D eigenvalue weighted by molar-refractivity contribution is 8.00. The molecule has 5 rings (SSSR count). The van der Waals surface area contributed by atoms with Crippen LogP contribution in [-0.4, -0.2) is 118 Å². The molecule has 1 aliphatic carbocycles. The predicted octanol–water partition coefficient (Wildman–Crippen LogP) is -2.55. The summed E-state index contributed by atoms with van der Waals surface area (Å²) in [6.07, 6.45) is 2.72. The van der Waals surface area contributed by atoms with Gasteiger partial charge in [-0.2, -0.15) is 21.1 Å². The quantitative estimate of drug-likeness (QED) is 0.0613. The number of likely N-dealkylation sites (tertiary alicyclic amines) is 1. The molecule has 254 valence electrons. The Hall–Kier alpha value is -3.10. The number of oxime groups is 1. The van der Waals surface area contributed by atoms with Gasteiger partial charge >= 0.3 is 5.97 Å². The average Bonchev–Trinajstić information content (AvgIpc) is 3.48. The van der Waals surface area contributed by atoms with Gasteiger partial charge in [0.15, 0.2) is 10.9 Å². The van der Waals surface area contributed by atoms with E-state index in [4.69, 9.17) is 20.0 Å². The number of aliphatic hydroxyl groups excluding tert-OH is 2. The number of carbonyl (C=O) groups excluding carboxylic acids is 3. The molecule has 0 bridgehead atoms. The van der Waals surface area contributed by atoms with Gasteiger partial charge in [0.2, 0.25) is 11.5 Å². The zero-order valence-electron chi connectivity index (χ0n) is 26.0. The number of benzene rings is 1. The molecule has 0 spiro atoms. The fourth-order valence-electron chi connectivity index (χ4n) is 5.78. The van der Waals surface area contributed by atoms with Crippen LogP contribution in [0.3, 0.4) is 0 Å². The Bertz CT molecular complexity index is 1570. The number of rotatable bonds is 11. The van der Waals surface area contributed by atoms with Gasteiger partial charge in [-0.15, -0.1) is 0 Å². The number of fused-ring (bicyclic) bond motifs is 1. The standard InChI is InChI=1S/C30H36N6O8S2.HI/c1-36(12-10-19(37)20(38)13-36)11-4-5-17-15-45-26-22(21(17)29(41)44-14-16-6-8-18(42-2)9-7-16)25(39)23(26)32-28(40)24(34-43-3)27-33-30(31)46-35-27;/h4-9,19-20,22-23,26,37-38H,10-15H2,1-3H3,(H2-,31,32,33,35,40);1H/b5-4+,34-24-;/t19-,20+,22?,23+,26-,36?;/m0./s1. The van der Waals surface area contributed by atoms with E-state index in [1.807, 2.05) is 19.2 Å². The number of nitrogens with two attached hydrogens (primary N) is 1. The zero-order valence-corrected chi connectivity index (χ0v) is 29.8. The van der Waals surface area contributed by atoms with Crippen molar-refractivity contribution in [1.82, 2.24) is 14.7 Å². The number of nitrogen functional groups attached to an aromatic ring is 1. The lowest BCUT2D eigenvalue weighted by atomic mass is 9.71. The van der Waals surface area contributed by atoms with Crippen molar-refractivity contribution in [1.29, 1.82) is 0 Å². The number of Topliss-reactive ketones (excluding diaryl/α,β-unsaturated/α-hetero) is 1. The minimum atomic E-state index is -0.888. The van der Waals surface area contributed by atoms with Crippen LogP contribution in [0.15, 0.2) is 52.7 Å². The van der Waals surface area contributed by atoms with Crippen LogP contribution in [0.4, 0.5) is 5.13 Å². The Morgan fingerprint density at radius 1 is 1.21 bits per heavy atom. The fourth-order valence-corrected chi connectivity index (χ4v) is 7.70. The molecule has 1 amide bonds. The lowest BCUT2D eigenvalue weighted by molar-refractivity contribution is -0.913. The molecule has 0 radical (unpaired) electrons. The third-order valence-corrected chi connectivity index (χ3v) is 10.3. The highest BCUT2D eigenvalue weighted by atomic mass is 127. The van der Waals surface area contributed by atoms with E-state index in [9.17, 15) is 24.6 Å². The van der Waals surface area contributed by atoms with Crippen molar-refractivity contribution in [3.05, 3.63) is 59.0 Å². The van der Waals surface area contributed by atoms with Gasteiger partial charge in [-0.1, -0.05) is 23.4 Å². The number of nitrogens with zero attached hydrogens (tertiary/aromatic N) is 4. The highest BCUT2D eigenvalue weighted by Gasteiger charge is 2.56. The predicted molar refractivity (Wildman–Crippen MR) is 171 cm³/mol. The lowest BCUT2D eigenvalue weighted by Gasteiger charge is -2.46. The number of aliphatic hydroxyl groups is 2. The molecule has 3 heterocycles. The lowest BCUT2D eigenvalue weighted by Crippen LogP contribution is -3.00. The van der Waals surface area contributed by atoms with E-state index in [2.05, 4.69) is 19.8 Å². The Morgan fingerprint density at radius 2 is 1.96 bits per heavy atom. The number of nitrogens with one attached hydrogen (secondary N) is 1. The van der Waals surface area contributed by atoms with Gasteiger partial charge < -0.3 is 64.0 Å². The molecule has 1 saturated carbocycles. The number of aromatic nitrogens is 2. The fraction of sp³-hybridized carbons (Fsp3) is 0.467. The Balaban J connectivity index is 0.00000500. The second-order valence-corrected chi connectivity index (χ2v) is 13.5. The summed E-state index contributed by atoms with van der Waals surface area (Å²) < 4.78 is 15.4. The van der Waals surface area contributed by atoms with Crippen LogP contribution >= 0.6 is 23.3 Å². The van der Waals surface area contributed by atoms with Crippen molar-refractivity contribution in [2.75, 3.05) is 52.4 Å². The minimum Gasteiger partial charge on any atom is -1.00 e. The topological polar surface area (TPSA) is 196 Å². The van der Waals surface area contributed by atoms with Crippen molar-refractivity contribution >= 4 is 51.8 Å². The molecule has 14 nitrogen and oxygen atoms in total. The first-order valence-corrected chi connectivity index (χ1v) is 16.4. The van der Waals surface area contributed by atoms with Crippen LogP contribution in [0.2, 0.25) is 0 Å². The maximum atomic E-state index is 13.6. The molecule has 2 unspecified atom stereocenters. The maximum Gasteiger partial charge on any atom is 0.335 e. The van der Waals surface area contributed by atoms with E-state index < -0.39 is 41.3 Å². The molecular weight excluding hydrogens is 763 g/mol. The smallest absolute Gasteiger partial charge is 0.335 e. The number of hydrogen-bond acceptors (Lipinski definition) is 14. The van der Waals surface area contributed by atoms with Crippen molar-refractivity contribution in [2.24, 2.45) is 11.1 Å². The van der Waals surface area contributed by atoms with Crippen LogP contribution in [0, 0.1) is 5.92 Å². The summed E-state index contributed by atoms with van der Waals surface area (Å²) in [4.78, 5) is 49.2. The van der Waals surface area contributed by atoms with Crippen molar-refractivity contribution in [3.8, 4) is 5.75 Å². The van der Waals surface area contributed by atoms with Crippen molar-refractivity contribution < 1.29 is 67.4 Å². The van der Waals surface area contributed by atoms with Crippen LogP contribution in [0.1, 0.15) is 17.8 Å². The van der Waals surface area contributed by atoms with Crippen molar-refractivity contribution in [3.63, 3.8) is 0 Å². The van der Waals surface area contributed by atoms with Crippen molar-refractivity contribution in [2.45, 2.75) is 36.5 Å². The van der Waals surface area contributed by atoms with Crippen LogP contribution in [-0.2, 0) is 30.6 Å². The number of hydrogen-bond donors (Lipinski definition) is 4. The normalized spacial score (nSPS) is 27.4.